The van der Waals surface area contributed by atoms with Crippen LogP contribution in [0.2, 0.25) is 0 Å². The molecule has 0 saturated carbocycles. The van der Waals surface area contributed by atoms with Gasteiger partial charge in [0.15, 0.2) is 0 Å². The van der Waals surface area contributed by atoms with Crippen molar-refractivity contribution in [1.29, 1.82) is 0 Å². The Morgan fingerprint density at radius 3 is 1.71 bits per heavy atom. The molecule has 0 unspecified atom stereocenters. The third kappa shape index (κ3) is 5.28. The van der Waals surface area contributed by atoms with Gasteiger partial charge >= 0.3 is 0 Å². The molecule has 0 amide bonds. The van der Waals surface area contributed by atoms with Crippen LogP contribution in [0.4, 0.5) is 0 Å². The van der Waals surface area contributed by atoms with Crippen LogP contribution in [0.3, 0.4) is 0 Å². The molecule has 0 aliphatic rings. The van der Waals surface area contributed by atoms with Crippen LogP contribution in [0.25, 0.3) is 0 Å². The van der Waals surface area contributed by atoms with E-state index in [1.165, 1.54) is 0 Å². The highest BCUT2D eigenvalue weighted by molar-refractivity contribution is 4.83. The predicted molar refractivity (Wildman–Crippen MR) is 32.8 cm³/mol. The molecule has 0 rings (SSSR count). The van der Waals surface area contributed by atoms with E-state index in [9.17, 15) is 0 Å². The van der Waals surface area contributed by atoms with Gasteiger partial charge in [-0.1, -0.05) is 12.2 Å². The zero-order valence-corrected chi connectivity index (χ0v) is 4.81. The van der Waals surface area contributed by atoms with Crippen molar-refractivity contribution in [2.24, 2.45) is 0 Å². The molecule has 0 aromatic rings. The lowest BCUT2D eigenvalue weighted by Crippen LogP contribution is -1.88. The second-order valence-electron chi connectivity index (χ2n) is 1.17. The number of rotatable bonds is 2. The number of hydrogen-bond donors (Lipinski definition) is 1. The molecule has 0 aromatic heterocycles. The lowest BCUT2D eigenvalue weighted by atomic mass is 10.6. The molecular formula is C6H11N. The highest BCUT2D eigenvalue weighted by atomic mass is 14.8. The van der Waals surface area contributed by atoms with Crippen molar-refractivity contribution in [3.8, 4) is 0 Å². The van der Waals surface area contributed by atoms with Gasteiger partial charge in [0.2, 0.25) is 0 Å². The number of hydrogen-bond acceptors (Lipinski definition) is 1. The minimum Gasteiger partial charge on any atom is -0.368 e. The third-order valence-corrected chi connectivity index (χ3v) is 0.526. The van der Waals surface area contributed by atoms with Crippen molar-refractivity contribution < 1.29 is 0 Å². The van der Waals surface area contributed by atoms with E-state index in [2.05, 4.69) is 5.32 Å². The summed E-state index contributed by atoms with van der Waals surface area (Å²) < 4.78 is 0. The van der Waals surface area contributed by atoms with Crippen LogP contribution in [0.5, 0.6) is 0 Å². The van der Waals surface area contributed by atoms with E-state index in [4.69, 9.17) is 0 Å². The number of nitrogens with one attached hydrogen (secondary N) is 1. The highest BCUT2D eigenvalue weighted by Crippen LogP contribution is 1.64. The molecule has 0 radical (unpaired) electrons. The van der Waals surface area contributed by atoms with Crippen LogP contribution < -0.4 is 5.32 Å². The second-order valence-corrected chi connectivity index (χ2v) is 1.17. The van der Waals surface area contributed by atoms with E-state index in [0.717, 1.165) is 0 Å². The van der Waals surface area contributed by atoms with Gasteiger partial charge in [0.1, 0.15) is 0 Å². The van der Waals surface area contributed by atoms with E-state index in [0.29, 0.717) is 0 Å². The van der Waals surface area contributed by atoms with Crippen LogP contribution in [-0.2, 0) is 0 Å². The molecule has 0 bridgehead atoms. The largest absolute Gasteiger partial charge is 0.368 e. The maximum atomic E-state index is 2.92. The summed E-state index contributed by atoms with van der Waals surface area (Å²) in [6.07, 6.45) is 7.64. The molecule has 7 heavy (non-hydrogen) atoms. The lowest BCUT2D eigenvalue weighted by molar-refractivity contribution is 1.18. The SMILES string of the molecule is CC=CN/C=C\C. The standard InChI is InChI=1S/C6H11N/c1-3-5-7-6-4-2/h3-7H,1-2H3/b5-3-,6-4?. The third-order valence-electron chi connectivity index (χ3n) is 0.526. The predicted octanol–water partition coefficient (Wildman–Crippen LogP) is 1.64. The molecule has 0 atom stereocenters. The Morgan fingerprint density at radius 1 is 1.00 bits per heavy atom. The van der Waals surface area contributed by atoms with Gasteiger partial charge in [0, 0.05) is 0 Å². The molecule has 0 fully saturated rings. The summed E-state index contributed by atoms with van der Waals surface area (Å²) in [5.74, 6) is 0. The van der Waals surface area contributed by atoms with Crippen LogP contribution >= 0.6 is 0 Å². The summed E-state index contributed by atoms with van der Waals surface area (Å²) in [6.45, 7) is 3.94. The molecule has 1 nitrogen and oxygen atoms in total. The Hall–Kier alpha value is -0.720. The first-order valence-electron chi connectivity index (χ1n) is 2.40. The van der Waals surface area contributed by atoms with Crippen molar-refractivity contribution in [3.05, 3.63) is 24.6 Å². The molecule has 0 saturated heterocycles. The van der Waals surface area contributed by atoms with Crippen LogP contribution in [-0.4, -0.2) is 0 Å². The Bertz CT molecular complexity index is 62.2. The van der Waals surface area contributed by atoms with Gasteiger partial charge in [-0.3, -0.25) is 0 Å². The Kier molecular flexibility index (Phi) is 4.74. The van der Waals surface area contributed by atoms with Gasteiger partial charge in [-0.25, -0.2) is 0 Å². The van der Waals surface area contributed by atoms with Gasteiger partial charge in [-0.2, -0.15) is 0 Å². The maximum Gasteiger partial charge on any atom is -0.00386 e. The molecule has 40 valence electrons. The molecule has 0 aliphatic heterocycles. The van der Waals surface area contributed by atoms with Crippen LogP contribution in [0, 0.1) is 0 Å². The van der Waals surface area contributed by atoms with Crippen LogP contribution in [0.1, 0.15) is 13.8 Å². The highest BCUT2D eigenvalue weighted by Gasteiger charge is 1.55. The van der Waals surface area contributed by atoms with Gasteiger partial charge in [0.05, 0.1) is 0 Å². The van der Waals surface area contributed by atoms with E-state index in [1.54, 1.807) is 0 Å². The first-order valence-corrected chi connectivity index (χ1v) is 2.40. The average molecular weight is 97.2 g/mol. The fraction of sp³-hybridized carbons (Fsp3) is 0.333. The fourth-order valence-electron chi connectivity index (χ4n) is 0.248. The first-order chi connectivity index (χ1) is 3.41. The zero-order chi connectivity index (χ0) is 5.54. The topological polar surface area (TPSA) is 12.0 Å². The van der Waals surface area contributed by atoms with Crippen LogP contribution in [0.15, 0.2) is 24.6 Å². The second kappa shape index (κ2) is 5.28. The minimum atomic E-state index is 1.88. The molecular weight excluding hydrogens is 86.1 g/mol. The Morgan fingerprint density at radius 2 is 1.43 bits per heavy atom. The van der Waals surface area contributed by atoms with Crippen molar-refractivity contribution in [2.45, 2.75) is 13.8 Å². The van der Waals surface area contributed by atoms with Gasteiger partial charge in [0.25, 0.3) is 0 Å². The van der Waals surface area contributed by atoms with E-state index >= 15 is 0 Å². The van der Waals surface area contributed by atoms with Crippen molar-refractivity contribution >= 4 is 0 Å². The smallest absolute Gasteiger partial charge is 0.00386 e. The van der Waals surface area contributed by atoms with Crippen molar-refractivity contribution in [3.63, 3.8) is 0 Å². The zero-order valence-electron chi connectivity index (χ0n) is 4.81. The summed E-state index contributed by atoms with van der Waals surface area (Å²) in [5, 5.41) is 2.92. The Balaban J connectivity index is 2.98. The quantitative estimate of drug-likeness (QED) is 0.552. The summed E-state index contributed by atoms with van der Waals surface area (Å²) in [4.78, 5) is 0. The maximum absolute atomic E-state index is 2.92. The average Bonchev–Trinajstić information content (AvgIpc) is 1.69. The molecule has 0 aliphatic carbocycles. The number of allylic oxidation sites excluding steroid dienone is 2. The van der Waals surface area contributed by atoms with E-state index in [-0.39, 0.29) is 0 Å². The summed E-state index contributed by atoms with van der Waals surface area (Å²) in [5.41, 5.74) is 0. The normalized spacial score (nSPS) is 11.1. The lowest BCUT2D eigenvalue weighted by Gasteiger charge is -1.81. The van der Waals surface area contributed by atoms with Crippen molar-refractivity contribution in [1.82, 2.24) is 5.32 Å². The molecule has 0 heterocycles. The molecule has 1 heteroatoms. The molecule has 0 spiro atoms. The monoisotopic (exact) mass is 97.1 g/mol. The molecule has 0 aromatic carbocycles. The van der Waals surface area contributed by atoms with Gasteiger partial charge in [-0.15, -0.1) is 0 Å². The van der Waals surface area contributed by atoms with E-state index < -0.39 is 0 Å². The molecule has 1 N–H and O–H groups in total. The van der Waals surface area contributed by atoms with Gasteiger partial charge < -0.3 is 5.32 Å². The van der Waals surface area contributed by atoms with Crippen molar-refractivity contribution in [2.75, 3.05) is 0 Å². The Labute approximate surface area is 44.7 Å². The summed E-state index contributed by atoms with van der Waals surface area (Å²) in [6, 6.07) is 0. The first kappa shape index (κ1) is 6.28. The minimum absolute atomic E-state index is 1.88. The fourth-order valence-corrected chi connectivity index (χ4v) is 0.248. The van der Waals surface area contributed by atoms with E-state index in [1.807, 2.05) is 38.4 Å². The summed E-state index contributed by atoms with van der Waals surface area (Å²) in [7, 11) is 0. The summed E-state index contributed by atoms with van der Waals surface area (Å²) >= 11 is 0. The van der Waals surface area contributed by atoms with Gasteiger partial charge in [-0.05, 0) is 26.2 Å².